The first kappa shape index (κ1) is 24.7. The van der Waals surface area contributed by atoms with Crippen LogP contribution in [-0.4, -0.2) is 0 Å². The Morgan fingerprint density at radius 1 is 0.318 bits per heavy atom. The molecule has 0 radical (unpaired) electrons. The van der Waals surface area contributed by atoms with Gasteiger partial charge in [0.25, 0.3) is 0 Å². The topological polar surface area (TPSA) is 12.5 Å². The van der Waals surface area contributed by atoms with Gasteiger partial charge in [-0.25, -0.2) is 0 Å². The van der Waals surface area contributed by atoms with Crippen LogP contribution in [-0.2, 0) is 0 Å². The lowest BCUT2D eigenvalue weighted by atomic mass is 9.98. The summed E-state index contributed by atoms with van der Waals surface area (Å²) >= 11 is 0. The number of benzene rings is 8. The molecule has 2 nitrogen and oxygen atoms in total. The Bertz CT molecular complexity index is 2260. The molecule has 0 spiro atoms. The molecule has 206 valence electrons. The summed E-state index contributed by atoms with van der Waals surface area (Å²) in [7, 11) is 0. The van der Waals surface area contributed by atoms with Crippen molar-refractivity contribution in [2.24, 2.45) is 0 Å². The maximum atomic E-state index is 6.77. The predicted octanol–water partition coefficient (Wildman–Crippen LogP) is 12.1. The SMILES string of the molecule is c1ccc2cc(-c3ccc4c(c3)Oc3cc(-c5ccc6ccccc6c5)ccc3N4c3ccc4ccccc4c3)ccc2c1. The van der Waals surface area contributed by atoms with Gasteiger partial charge in [0.2, 0.25) is 0 Å². The number of hydrogen-bond acceptors (Lipinski definition) is 2. The van der Waals surface area contributed by atoms with Crippen molar-refractivity contribution in [3.05, 3.63) is 164 Å². The average Bonchev–Trinajstić information content (AvgIpc) is 3.09. The Labute approximate surface area is 256 Å². The van der Waals surface area contributed by atoms with E-state index in [4.69, 9.17) is 4.74 Å². The van der Waals surface area contributed by atoms with Crippen molar-refractivity contribution in [1.29, 1.82) is 0 Å². The van der Waals surface area contributed by atoms with E-state index in [0.29, 0.717) is 0 Å². The van der Waals surface area contributed by atoms with Crippen LogP contribution in [0.3, 0.4) is 0 Å². The highest BCUT2D eigenvalue weighted by Crippen LogP contribution is 2.52. The van der Waals surface area contributed by atoms with Gasteiger partial charge in [-0.2, -0.15) is 0 Å². The van der Waals surface area contributed by atoms with Gasteiger partial charge in [-0.05, 0) is 103 Å². The van der Waals surface area contributed by atoms with E-state index in [9.17, 15) is 0 Å². The van der Waals surface area contributed by atoms with Crippen molar-refractivity contribution in [3.8, 4) is 33.8 Å². The summed E-state index contributed by atoms with van der Waals surface area (Å²) in [5.74, 6) is 1.68. The molecule has 8 aromatic rings. The first-order chi connectivity index (χ1) is 21.8. The fourth-order valence-electron chi connectivity index (χ4n) is 6.50. The van der Waals surface area contributed by atoms with E-state index >= 15 is 0 Å². The second-order valence-electron chi connectivity index (χ2n) is 11.5. The third-order valence-corrected chi connectivity index (χ3v) is 8.78. The molecular weight excluding hydrogens is 534 g/mol. The zero-order valence-electron chi connectivity index (χ0n) is 23.9. The highest BCUT2D eigenvalue weighted by molar-refractivity contribution is 5.95. The smallest absolute Gasteiger partial charge is 0.152 e. The lowest BCUT2D eigenvalue weighted by molar-refractivity contribution is 0.477. The Morgan fingerprint density at radius 2 is 0.705 bits per heavy atom. The highest BCUT2D eigenvalue weighted by atomic mass is 16.5. The number of anilines is 3. The molecule has 0 N–H and O–H groups in total. The molecule has 0 saturated carbocycles. The van der Waals surface area contributed by atoms with Crippen LogP contribution in [0, 0.1) is 0 Å². The monoisotopic (exact) mass is 561 g/mol. The van der Waals surface area contributed by atoms with E-state index in [2.05, 4.69) is 169 Å². The zero-order valence-corrected chi connectivity index (χ0v) is 23.9. The summed E-state index contributed by atoms with van der Waals surface area (Å²) in [6, 6.07) is 58.6. The Kier molecular flexibility index (Phi) is 5.54. The van der Waals surface area contributed by atoms with Crippen LogP contribution >= 0.6 is 0 Å². The van der Waals surface area contributed by atoms with Crippen molar-refractivity contribution in [1.82, 2.24) is 0 Å². The molecule has 0 atom stereocenters. The quantitative estimate of drug-likeness (QED) is 0.213. The van der Waals surface area contributed by atoms with Gasteiger partial charge in [-0.1, -0.05) is 115 Å². The minimum absolute atomic E-state index is 0.840. The molecule has 44 heavy (non-hydrogen) atoms. The van der Waals surface area contributed by atoms with Crippen LogP contribution in [0.5, 0.6) is 11.5 Å². The van der Waals surface area contributed by atoms with Gasteiger partial charge in [0.05, 0.1) is 11.4 Å². The fourth-order valence-corrected chi connectivity index (χ4v) is 6.50. The number of ether oxygens (including phenoxy) is 1. The minimum Gasteiger partial charge on any atom is -0.453 e. The van der Waals surface area contributed by atoms with Crippen LogP contribution in [0.25, 0.3) is 54.6 Å². The van der Waals surface area contributed by atoms with Crippen LogP contribution in [0.2, 0.25) is 0 Å². The summed E-state index contributed by atoms with van der Waals surface area (Å²) in [6.45, 7) is 0. The lowest BCUT2D eigenvalue weighted by Gasteiger charge is -2.33. The number of hydrogen-bond donors (Lipinski definition) is 0. The van der Waals surface area contributed by atoms with Gasteiger partial charge >= 0.3 is 0 Å². The van der Waals surface area contributed by atoms with E-state index in [1.54, 1.807) is 0 Å². The fraction of sp³-hybridized carbons (Fsp3) is 0. The van der Waals surface area contributed by atoms with Crippen LogP contribution < -0.4 is 9.64 Å². The molecule has 9 rings (SSSR count). The van der Waals surface area contributed by atoms with Crippen LogP contribution in [0.1, 0.15) is 0 Å². The first-order valence-electron chi connectivity index (χ1n) is 15.0. The third-order valence-electron chi connectivity index (χ3n) is 8.78. The second-order valence-corrected chi connectivity index (χ2v) is 11.5. The maximum Gasteiger partial charge on any atom is 0.152 e. The van der Waals surface area contributed by atoms with Crippen molar-refractivity contribution in [3.63, 3.8) is 0 Å². The summed E-state index contributed by atoms with van der Waals surface area (Å²) in [6.07, 6.45) is 0. The van der Waals surface area contributed by atoms with Crippen LogP contribution in [0.4, 0.5) is 17.1 Å². The molecule has 0 bridgehead atoms. The Hall–Kier alpha value is -5.86. The van der Waals surface area contributed by atoms with Gasteiger partial charge in [0.1, 0.15) is 0 Å². The highest BCUT2D eigenvalue weighted by Gasteiger charge is 2.27. The molecule has 0 aromatic heterocycles. The largest absolute Gasteiger partial charge is 0.453 e. The van der Waals surface area contributed by atoms with E-state index in [1.165, 1.54) is 43.4 Å². The number of rotatable bonds is 3. The molecule has 0 unspecified atom stereocenters. The molecule has 2 heteroatoms. The van der Waals surface area contributed by atoms with Gasteiger partial charge in [0, 0.05) is 5.69 Å². The Balaban J connectivity index is 1.20. The normalized spacial score (nSPS) is 12.2. The summed E-state index contributed by atoms with van der Waals surface area (Å²) in [4.78, 5) is 2.33. The molecule has 1 aliphatic heterocycles. The number of fused-ring (bicyclic) bond motifs is 5. The predicted molar refractivity (Wildman–Crippen MR) is 185 cm³/mol. The first-order valence-corrected chi connectivity index (χ1v) is 15.0. The van der Waals surface area contributed by atoms with E-state index in [-0.39, 0.29) is 0 Å². The van der Waals surface area contributed by atoms with Crippen LogP contribution in [0.15, 0.2) is 164 Å². The third kappa shape index (κ3) is 4.11. The van der Waals surface area contributed by atoms with Crippen molar-refractivity contribution in [2.45, 2.75) is 0 Å². The van der Waals surface area contributed by atoms with E-state index < -0.39 is 0 Å². The standard InChI is InChI=1S/C42H27NO/c1-4-10-31-23-34(15-13-28(31)7-1)36-18-21-39-41(26-36)44-42-27-37(35-16-14-29-8-2-5-11-32(29)24-35)19-22-40(42)43(39)38-20-17-30-9-3-6-12-33(30)25-38/h1-27H. The van der Waals surface area contributed by atoms with Gasteiger partial charge in [0.15, 0.2) is 11.5 Å². The van der Waals surface area contributed by atoms with Gasteiger partial charge in [-0.3, -0.25) is 0 Å². The van der Waals surface area contributed by atoms with Crippen molar-refractivity contribution >= 4 is 49.4 Å². The molecule has 0 amide bonds. The number of nitrogens with zero attached hydrogens (tertiary/aromatic N) is 1. The minimum atomic E-state index is 0.840. The Morgan fingerprint density at radius 3 is 1.20 bits per heavy atom. The molecular formula is C42H27NO. The molecule has 0 fully saturated rings. The summed E-state index contributed by atoms with van der Waals surface area (Å²) < 4.78 is 6.77. The lowest BCUT2D eigenvalue weighted by Crippen LogP contribution is -2.16. The molecule has 1 heterocycles. The van der Waals surface area contributed by atoms with Crippen molar-refractivity contribution < 1.29 is 4.74 Å². The van der Waals surface area contributed by atoms with E-state index in [0.717, 1.165) is 39.7 Å². The summed E-state index contributed by atoms with van der Waals surface area (Å²) in [5.41, 5.74) is 7.74. The molecule has 0 aliphatic carbocycles. The molecule has 1 aliphatic rings. The zero-order chi connectivity index (χ0) is 29.0. The average molecular weight is 562 g/mol. The van der Waals surface area contributed by atoms with Crippen molar-refractivity contribution in [2.75, 3.05) is 4.90 Å². The second kappa shape index (κ2) is 9.86. The molecule has 8 aromatic carbocycles. The molecule has 0 saturated heterocycles. The van der Waals surface area contributed by atoms with Gasteiger partial charge < -0.3 is 9.64 Å². The van der Waals surface area contributed by atoms with Gasteiger partial charge in [-0.15, -0.1) is 0 Å². The maximum absolute atomic E-state index is 6.77. The van der Waals surface area contributed by atoms with E-state index in [1.807, 2.05) is 0 Å². The summed E-state index contributed by atoms with van der Waals surface area (Å²) in [5, 5.41) is 7.37.